The summed E-state index contributed by atoms with van der Waals surface area (Å²) in [5, 5.41) is 4.66. The number of methoxy groups -OCH3 is 1. The van der Waals surface area contributed by atoms with E-state index in [1.165, 1.54) is 12.7 Å². The van der Waals surface area contributed by atoms with Crippen molar-refractivity contribution in [2.75, 3.05) is 20.3 Å². The van der Waals surface area contributed by atoms with Crippen molar-refractivity contribution in [3.05, 3.63) is 59.4 Å². The van der Waals surface area contributed by atoms with Crippen molar-refractivity contribution in [3.8, 4) is 11.3 Å². The van der Waals surface area contributed by atoms with Crippen LogP contribution in [0.1, 0.15) is 28.0 Å². The van der Waals surface area contributed by atoms with Gasteiger partial charge in [-0.3, -0.25) is 0 Å². The molecular formula is C20H19N3O3. The topological polar surface area (TPSA) is 65.7 Å². The van der Waals surface area contributed by atoms with Crippen LogP contribution in [0.2, 0.25) is 0 Å². The molecule has 4 rings (SSSR count). The van der Waals surface area contributed by atoms with Gasteiger partial charge in [-0.25, -0.2) is 14.3 Å². The van der Waals surface area contributed by atoms with Gasteiger partial charge in [0.15, 0.2) is 11.3 Å². The van der Waals surface area contributed by atoms with E-state index >= 15 is 0 Å². The number of hydrogen-bond acceptors (Lipinski definition) is 5. The van der Waals surface area contributed by atoms with Crippen molar-refractivity contribution in [3.63, 3.8) is 0 Å². The quantitative estimate of drug-likeness (QED) is 0.679. The summed E-state index contributed by atoms with van der Waals surface area (Å²) in [5.41, 5.74) is 6.05. The zero-order valence-electron chi connectivity index (χ0n) is 14.7. The summed E-state index contributed by atoms with van der Waals surface area (Å²) >= 11 is 0. The smallest absolute Gasteiger partial charge is 0.358 e. The number of benzene rings is 1. The first-order valence-electron chi connectivity index (χ1n) is 8.48. The van der Waals surface area contributed by atoms with Gasteiger partial charge in [-0.15, -0.1) is 0 Å². The second-order valence-electron chi connectivity index (χ2n) is 6.25. The van der Waals surface area contributed by atoms with Gasteiger partial charge in [-0.1, -0.05) is 35.9 Å². The van der Waals surface area contributed by atoms with Crippen LogP contribution in [0.15, 0.2) is 42.6 Å². The van der Waals surface area contributed by atoms with Crippen LogP contribution in [0.3, 0.4) is 0 Å². The largest absolute Gasteiger partial charge is 0.464 e. The third-order valence-electron chi connectivity index (χ3n) is 4.48. The fourth-order valence-electron chi connectivity index (χ4n) is 3.05. The monoisotopic (exact) mass is 349 g/mol. The SMILES string of the molecule is COC(=O)c1cn2nc(-c3ccc(C)cc3)cc(C3=CCOCC3)c2n1. The fraction of sp³-hybridized carbons (Fsp3) is 0.250. The minimum atomic E-state index is -0.473. The summed E-state index contributed by atoms with van der Waals surface area (Å²) in [6.07, 6.45) is 4.47. The lowest BCUT2D eigenvalue weighted by molar-refractivity contribution is 0.0594. The Morgan fingerprint density at radius 1 is 1.27 bits per heavy atom. The molecule has 0 fully saturated rings. The van der Waals surface area contributed by atoms with E-state index in [-0.39, 0.29) is 5.69 Å². The molecule has 3 heterocycles. The summed E-state index contributed by atoms with van der Waals surface area (Å²) in [5.74, 6) is -0.473. The Balaban J connectivity index is 1.92. The fourth-order valence-corrected chi connectivity index (χ4v) is 3.05. The predicted octanol–water partition coefficient (Wildman–Crippen LogP) is 3.30. The molecule has 0 saturated carbocycles. The van der Waals surface area contributed by atoms with Crippen LogP contribution in [-0.2, 0) is 9.47 Å². The molecule has 2 aromatic heterocycles. The van der Waals surface area contributed by atoms with Crippen LogP contribution >= 0.6 is 0 Å². The van der Waals surface area contributed by atoms with Gasteiger partial charge in [-0.05, 0) is 25.0 Å². The van der Waals surface area contributed by atoms with Crippen molar-refractivity contribution >= 4 is 17.2 Å². The molecule has 1 aliphatic rings. The van der Waals surface area contributed by atoms with Crippen molar-refractivity contribution in [1.82, 2.24) is 14.6 Å². The maximum absolute atomic E-state index is 11.9. The molecule has 0 unspecified atom stereocenters. The van der Waals surface area contributed by atoms with Crippen LogP contribution in [0.5, 0.6) is 0 Å². The standard InChI is InChI=1S/C20H19N3O3/c1-13-3-5-15(6-4-13)17-11-16(14-7-9-26-10-8-14)19-21-18(20(24)25-2)12-23(19)22-17/h3-7,11-12H,8-10H2,1-2H3. The number of esters is 1. The molecule has 0 aliphatic carbocycles. The van der Waals surface area contributed by atoms with E-state index in [0.717, 1.165) is 28.8 Å². The molecule has 0 saturated heterocycles. The second-order valence-corrected chi connectivity index (χ2v) is 6.25. The number of carbonyl (C=O) groups is 1. The maximum atomic E-state index is 11.9. The lowest BCUT2D eigenvalue weighted by Crippen LogP contribution is -2.06. The average molecular weight is 349 g/mol. The van der Waals surface area contributed by atoms with E-state index < -0.39 is 5.97 Å². The molecule has 6 nitrogen and oxygen atoms in total. The Bertz CT molecular complexity index is 1000. The Labute approximate surface area is 151 Å². The number of nitrogens with zero attached hydrogens (tertiary/aromatic N) is 3. The highest BCUT2D eigenvalue weighted by Crippen LogP contribution is 2.29. The molecular weight excluding hydrogens is 330 g/mol. The molecule has 6 heteroatoms. The van der Waals surface area contributed by atoms with E-state index in [9.17, 15) is 4.79 Å². The second kappa shape index (κ2) is 6.72. The highest BCUT2D eigenvalue weighted by molar-refractivity contribution is 5.89. The number of aromatic nitrogens is 3. The van der Waals surface area contributed by atoms with Gasteiger partial charge in [0.05, 0.1) is 32.2 Å². The summed E-state index contributed by atoms with van der Waals surface area (Å²) in [7, 11) is 1.35. The molecule has 0 atom stereocenters. The van der Waals surface area contributed by atoms with Crippen LogP contribution in [0.25, 0.3) is 22.5 Å². The Kier molecular flexibility index (Phi) is 4.26. The zero-order valence-corrected chi connectivity index (χ0v) is 14.7. The summed E-state index contributed by atoms with van der Waals surface area (Å²) < 4.78 is 11.9. The Morgan fingerprint density at radius 3 is 2.77 bits per heavy atom. The van der Waals surface area contributed by atoms with Crippen molar-refractivity contribution in [2.45, 2.75) is 13.3 Å². The van der Waals surface area contributed by atoms with Crippen LogP contribution < -0.4 is 0 Å². The van der Waals surface area contributed by atoms with Crippen molar-refractivity contribution in [1.29, 1.82) is 0 Å². The highest BCUT2D eigenvalue weighted by atomic mass is 16.5. The van der Waals surface area contributed by atoms with E-state index in [1.807, 2.05) is 18.2 Å². The number of imidazole rings is 1. The molecule has 0 radical (unpaired) electrons. The zero-order chi connectivity index (χ0) is 18.1. The molecule has 0 bridgehead atoms. The molecule has 1 aliphatic heterocycles. The minimum absolute atomic E-state index is 0.245. The number of ether oxygens (including phenoxy) is 2. The Morgan fingerprint density at radius 2 is 2.08 bits per heavy atom. The van der Waals surface area contributed by atoms with E-state index in [0.29, 0.717) is 18.9 Å². The lowest BCUT2D eigenvalue weighted by Gasteiger charge is -2.15. The molecule has 0 amide bonds. The molecule has 1 aromatic carbocycles. The Hall–Kier alpha value is -2.99. The normalized spacial score (nSPS) is 14.3. The van der Waals surface area contributed by atoms with Crippen LogP contribution in [0.4, 0.5) is 0 Å². The van der Waals surface area contributed by atoms with Crippen molar-refractivity contribution < 1.29 is 14.3 Å². The first-order valence-corrected chi connectivity index (χ1v) is 8.48. The first kappa shape index (κ1) is 16.5. The first-order chi connectivity index (χ1) is 12.7. The van der Waals surface area contributed by atoms with Gasteiger partial charge in [0.25, 0.3) is 0 Å². The molecule has 0 spiro atoms. The number of rotatable bonds is 3. The summed E-state index contributed by atoms with van der Waals surface area (Å²) in [6.45, 7) is 3.30. The summed E-state index contributed by atoms with van der Waals surface area (Å²) in [6, 6.07) is 10.2. The van der Waals surface area contributed by atoms with Crippen molar-refractivity contribution in [2.24, 2.45) is 0 Å². The predicted molar refractivity (Wildman–Crippen MR) is 97.9 cm³/mol. The van der Waals surface area contributed by atoms with E-state index in [2.05, 4.69) is 35.2 Å². The maximum Gasteiger partial charge on any atom is 0.358 e. The number of hydrogen-bond donors (Lipinski definition) is 0. The van der Waals surface area contributed by atoms with Gasteiger partial charge < -0.3 is 9.47 Å². The molecule has 132 valence electrons. The van der Waals surface area contributed by atoms with E-state index in [1.54, 1.807) is 10.7 Å². The van der Waals surface area contributed by atoms with E-state index in [4.69, 9.17) is 9.47 Å². The molecule has 3 aromatic rings. The van der Waals surface area contributed by atoms with Gasteiger partial charge in [-0.2, -0.15) is 5.10 Å². The number of aryl methyl sites for hydroxylation is 1. The minimum Gasteiger partial charge on any atom is -0.464 e. The summed E-state index contributed by atoms with van der Waals surface area (Å²) in [4.78, 5) is 16.4. The van der Waals surface area contributed by atoms with Gasteiger partial charge in [0.2, 0.25) is 0 Å². The van der Waals surface area contributed by atoms with Gasteiger partial charge in [0, 0.05) is 11.1 Å². The molecule has 26 heavy (non-hydrogen) atoms. The van der Waals surface area contributed by atoms with Gasteiger partial charge >= 0.3 is 5.97 Å². The average Bonchev–Trinajstić information content (AvgIpc) is 3.12. The lowest BCUT2D eigenvalue weighted by atomic mass is 10.0. The molecule has 0 N–H and O–H groups in total. The number of fused-ring (bicyclic) bond motifs is 1. The number of carbonyl (C=O) groups excluding carboxylic acids is 1. The van der Waals surface area contributed by atoms with Crippen LogP contribution in [0, 0.1) is 6.92 Å². The third-order valence-corrected chi connectivity index (χ3v) is 4.48. The highest BCUT2D eigenvalue weighted by Gasteiger charge is 2.18. The van der Waals surface area contributed by atoms with Gasteiger partial charge in [0.1, 0.15) is 0 Å². The van der Waals surface area contributed by atoms with Crippen LogP contribution in [-0.4, -0.2) is 40.9 Å². The third kappa shape index (κ3) is 2.99.